The average molecular weight is 219 g/mol. The van der Waals surface area contributed by atoms with Crippen molar-refractivity contribution in [2.75, 3.05) is 20.6 Å². The Morgan fingerprint density at radius 2 is 1.88 bits per heavy atom. The van der Waals surface area contributed by atoms with Crippen LogP contribution in [0.25, 0.3) is 5.57 Å². The zero-order chi connectivity index (χ0) is 12.1. The first-order chi connectivity index (χ1) is 7.54. The van der Waals surface area contributed by atoms with Gasteiger partial charge in [-0.2, -0.15) is 0 Å². The van der Waals surface area contributed by atoms with Crippen LogP contribution in [0.5, 0.6) is 5.75 Å². The van der Waals surface area contributed by atoms with Crippen molar-refractivity contribution in [2.24, 2.45) is 5.92 Å². The molecular formula is C14H21NO. The minimum atomic E-state index is 0.319. The van der Waals surface area contributed by atoms with Gasteiger partial charge >= 0.3 is 0 Å². The van der Waals surface area contributed by atoms with Crippen molar-refractivity contribution >= 4 is 5.57 Å². The molecule has 88 valence electrons. The highest BCUT2D eigenvalue weighted by molar-refractivity contribution is 5.67. The van der Waals surface area contributed by atoms with Gasteiger partial charge in [-0.3, -0.25) is 0 Å². The van der Waals surface area contributed by atoms with Crippen molar-refractivity contribution in [3.63, 3.8) is 0 Å². The van der Waals surface area contributed by atoms with Crippen LogP contribution in [0, 0.1) is 5.92 Å². The van der Waals surface area contributed by atoms with Gasteiger partial charge in [0.25, 0.3) is 0 Å². The van der Waals surface area contributed by atoms with Gasteiger partial charge in [0.05, 0.1) is 0 Å². The van der Waals surface area contributed by atoms with E-state index in [9.17, 15) is 5.11 Å². The van der Waals surface area contributed by atoms with E-state index < -0.39 is 0 Å². The first-order valence-electron chi connectivity index (χ1n) is 5.65. The number of phenolic OH excluding ortho intramolecular Hbond substituents is 1. The van der Waals surface area contributed by atoms with Crippen molar-refractivity contribution in [1.82, 2.24) is 4.90 Å². The maximum atomic E-state index is 9.27. The molecule has 1 aromatic rings. The molecule has 16 heavy (non-hydrogen) atoms. The van der Waals surface area contributed by atoms with Crippen molar-refractivity contribution in [1.29, 1.82) is 0 Å². The van der Waals surface area contributed by atoms with Crippen molar-refractivity contribution in [3.8, 4) is 5.75 Å². The Labute approximate surface area is 98.2 Å². The molecule has 0 saturated carbocycles. The van der Waals surface area contributed by atoms with Gasteiger partial charge in [-0.25, -0.2) is 0 Å². The van der Waals surface area contributed by atoms with Gasteiger partial charge in [-0.15, -0.1) is 0 Å². The Kier molecular flexibility index (Phi) is 4.56. The highest BCUT2D eigenvalue weighted by Gasteiger charge is 2.11. The molecule has 0 amide bonds. The predicted molar refractivity (Wildman–Crippen MR) is 69.5 cm³/mol. The summed E-state index contributed by atoms with van der Waals surface area (Å²) in [6.07, 6.45) is 2.15. The van der Waals surface area contributed by atoms with E-state index in [4.69, 9.17) is 0 Å². The van der Waals surface area contributed by atoms with E-state index >= 15 is 0 Å². The SMILES string of the molecule is CC=C(c1ccc(O)cc1)C(C)CN(C)C. The predicted octanol–water partition coefficient (Wildman–Crippen LogP) is 2.99. The highest BCUT2D eigenvalue weighted by atomic mass is 16.3. The summed E-state index contributed by atoms with van der Waals surface area (Å²) < 4.78 is 0. The number of aromatic hydroxyl groups is 1. The van der Waals surface area contributed by atoms with Gasteiger partial charge in [-0.05, 0) is 50.2 Å². The number of allylic oxidation sites excluding steroid dienone is 1. The van der Waals surface area contributed by atoms with E-state index in [1.54, 1.807) is 12.1 Å². The molecular weight excluding hydrogens is 198 g/mol. The van der Waals surface area contributed by atoms with Crippen molar-refractivity contribution in [3.05, 3.63) is 35.9 Å². The summed E-state index contributed by atoms with van der Waals surface area (Å²) in [7, 11) is 4.17. The topological polar surface area (TPSA) is 23.5 Å². The molecule has 0 heterocycles. The number of rotatable bonds is 4. The fourth-order valence-electron chi connectivity index (χ4n) is 2.04. The van der Waals surface area contributed by atoms with Gasteiger partial charge in [0.2, 0.25) is 0 Å². The van der Waals surface area contributed by atoms with Crippen molar-refractivity contribution < 1.29 is 5.11 Å². The van der Waals surface area contributed by atoms with Crippen LogP contribution in [0.3, 0.4) is 0 Å². The Morgan fingerprint density at radius 3 is 2.31 bits per heavy atom. The minimum absolute atomic E-state index is 0.319. The Hall–Kier alpha value is -1.28. The lowest BCUT2D eigenvalue weighted by Gasteiger charge is -2.20. The van der Waals surface area contributed by atoms with Crippen LogP contribution in [0.15, 0.2) is 30.3 Å². The molecule has 0 spiro atoms. The number of nitrogens with zero attached hydrogens (tertiary/aromatic N) is 1. The lowest BCUT2D eigenvalue weighted by atomic mass is 9.93. The van der Waals surface area contributed by atoms with Crippen LogP contribution in [-0.2, 0) is 0 Å². The quantitative estimate of drug-likeness (QED) is 0.841. The first kappa shape index (κ1) is 12.8. The third-order valence-electron chi connectivity index (χ3n) is 2.68. The van der Waals surface area contributed by atoms with Gasteiger partial charge in [0.15, 0.2) is 0 Å². The average Bonchev–Trinajstić information content (AvgIpc) is 2.21. The van der Waals surface area contributed by atoms with E-state index in [0.717, 1.165) is 6.54 Å². The van der Waals surface area contributed by atoms with Crippen LogP contribution in [0.4, 0.5) is 0 Å². The standard InChI is InChI=1S/C14H21NO/c1-5-14(11(2)10-15(3)4)12-6-8-13(16)9-7-12/h5-9,11,16H,10H2,1-4H3. The summed E-state index contributed by atoms with van der Waals surface area (Å²) in [5.74, 6) is 0.809. The van der Waals surface area contributed by atoms with Crippen molar-refractivity contribution in [2.45, 2.75) is 13.8 Å². The number of hydrogen-bond donors (Lipinski definition) is 1. The smallest absolute Gasteiger partial charge is 0.115 e. The summed E-state index contributed by atoms with van der Waals surface area (Å²) in [6.45, 7) is 5.32. The Bertz CT molecular complexity index is 352. The third kappa shape index (κ3) is 3.38. The van der Waals surface area contributed by atoms with E-state index in [2.05, 4.69) is 38.9 Å². The molecule has 2 heteroatoms. The molecule has 0 fully saturated rings. The summed E-state index contributed by atoms with van der Waals surface area (Å²) in [4.78, 5) is 2.19. The maximum absolute atomic E-state index is 9.27. The lowest BCUT2D eigenvalue weighted by molar-refractivity contribution is 0.376. The lowest BCUT2D eigenvalue weighted by Crippen LogP contribution is -2.20. The summed E-state index contributed by atoms with van der Waals surface area (Å²) in [5.41, 5.74) is 2.52. The second-order valence-electron chi connectivity index (χ2n) is 4.45. The van der Waals surface area contributed by atoms with E-state index in [1.807, 2.05) is 12.1 Å². The maximum Gasteiger partial charge on any atom is 0.115 e. The second kappa shape index (κ2) is 5.71. The van der Waals surface area contributed by atoms with E-state index in [0.29, 0.717) is 11.7 Å². The molecule has 0 bridgehead atoms. The second-order valence-corrected chi connectivity index (χ2v) is 4.45. The van der Waals surface area contributed by atoms with Crippen LogP contribution < -0.4 is 0 Å². The molecule has 1 N–H and O–H groups in total. The van der Waals surface area contributed by atoms with Crippen LogP contribution in [0.2, 0.25) is 0 Å². The zero-order valence-corrected chi connectivity index (χ0v) is 10.6. The minimum Gasteiger partial charge on any atom is -0.508 e. The van der Waals surface area contributed by atoms with Crippen LogP contribution >= 0.6 is 0 Å². The molecule has 0 aliphatic rings. The molecule has 2 nitrogen and oxygen atoms in total. The molecule has 1 rings (SSSR count). The number of hydrogen-bond acceptors (Lipinski definition) is 2. The van der Waals surface area contributed by atoms with E-state index in [1.165, 1.54) is 11.1 Å². The molecule has 0 aliphatic heterocycles. The van der Waals surface area contributed by atoms with E-state index in [-0.39, 0.29) is 0 Å². The van der Waals surface area contributed by atoms with Gasteiger partial charge in [-0.1, -0.05) is 25.1 Å². The molecule has 1 unspecified atom stereocenters. The molecule has 0 radical (unpaired) electrons. The molecule has 0 aliphatic carbocycles. The van der Waals surface area contributed by atoms with Gasteiger partial charge in [0.1, 0.15) is 5.75 Å². The Balaban J connectivity index is 2.87. The number of benzene rings is 1. The Morgan fingerprint density at radius 1 is 1.31 bits per heavy atom. The van der Waals surface area contributed by atoms with Crippen LogP contribution in [0.1, 0.15) is 19.4 Å². The fraction of sp³-hybridized carbons (Fsp3) is 0.429. The molecule has 1 aromatic carbocycles. The fourth-order valence-corrected chi connectivity index (χ4v) is 2.04. The third-order valence-corrected chi connectivity index (χ3v) is 2.68. The summed E-state index contributed by atoms with van der Waals surface area (Å²) in [5, 5.41) is 9.27. The summed E-state index contributed by atoms with van der Waals surface area (Å²) >= 11 is 0. The molecule has 0 saturated heterocycles. The number of phenols is 1. The molecule has 1 atom stereocenters. The largest absolute Gasteiger partial charge is 0.508 e. The van der Waals surface area contributed by atoms with Gasteiger partial charge in [0, 0.05) is 6.54 Å². The van der Waals surface area contributed by atoms with Crippen LogP contribution in [-0.4, -0.2) is 30.6 Å². The zero-order valence-electron chi connectivity index (χ0n) is 10.6. The normalized spacial score (nSPS) is 14.2. The monoisotopic (exact) mass is 219 g/mol. The first-order valence-corrected chi connectivity index (χ1v) is 5.65. The molecule has 0 aromatic heterocycles. The summed E-state index contributed by atoms with van der Waals surface area (Å²) in [6, 6.07) is 7.41. The highest BCUT2D eigenvalue weighted by Crippen LogP contribution is 2.25. The van der Waals surface area contributed by atoms with Gasteiger partial charge < -0.3 is 10.0 Å².